The third-order valence-corrected chi connectivity index (χ3v) is 3.38. The fraction of sp³-hybridized carbons (Fsp3) is 0.200. The van der Waals surface area contributed by atoms with Gasteiger partial charge in [0.05, 0.1) is 5.02 Å². The van der Waals surface area contributed by atoms with Crippen molar-refractivity contribution in [2.45, 2.75) is 12.8 Å². The summed E-state index contributed by atoms with van der Waals surface area (Å²) in [5, 5.41) is 7.38. The fourth-order valence-electron chi connectivity index (χ4n) is 1.76. The summed E-state index contributed by atoms with van der Waals surface area (Å²) in [4.78, 5) is 4.13. The third kappa shape index (κ3) is 4.47. The molecule has 0 aliphatic rings. The van der Waals surface area contributed by atoms with E-state index in [9.17, 15) is 0 Å². The monoisotopic (exact) mass is 305 g/mol. The van der Waals surface area contributed by atoms with Crippen LogP contribution in [-0.4, -0.2) is 16.6 Å². The molecule has 5 heteroatoms. The van der Waals surface area contributed by atoms with E-state index in [2.05, 4.69) is 34.7 Å². The highest BCUT2D eigenvalue weighted by atomic mass is 35.5. The van der Waals surface area contributed by atoms with E-state index in [4.69, 9.17) is 23.8 Å². The highest BCUT2D eigenvalue weighted by molar-refractivity contribution is 7.80. The molecule has 0 fully saturated rings. The molecule has 1 atom stereocenters. The first-order chi connectivity index (χ1) is 9.65. The van der Waals surface area contributed by atoms with Gasteiger partial charge in [0.15, 0.2) is 5.11 Å². The van der Waals surface area contributed by atoms with Gasteiger partial charge in [-0.25, -0.2) is 4.98 Å². The molecule has 2 N–H and O–H groups in total. The van der Waals surface area contributed by atoms with E-state index in [1.54, 1.807) is 18.3 Å². The van der Waals surface area contributed by atoms with E-state index in [1.165, 1.54) is 5.56 Å². The first kappa shape index (κ1) is 14.8. The van der Waals surface area contributed by atoms with Crippen molar-refractivity contribution in [1.82, 2.24) is 10.3 Å². The van der Waals surface area contributed by atoms with Gasteiger partial charge in [0.25, 0.3) is 0 Å². The minimum Gasteiger partial charge on any atom is -0.362 e. The zero-order valence-electron chi connectivity index (χ0n) is 11.1. The molecule has 0 aliphatic carbocycles. The van der Waals surface area contributed by atoms with Crippen LogP contribution in [0.3, 0.4) is 0 Å². The molecule has 0 spiro atoms. The number of pyridine rings is 1. The van der Waals surface area contributed by atoms with Crippen LogP contribution in [-0.2, 0) is 0 Å². The van der Waals surface area contributed by atoms with Gasteiger partial charge >= 0.3 is 0 Å². The normalized spacial score (nSPS) is 11.7. The molecule has 1 aromatic carbocycles. The Kier molecular flexibility index (Phi) is 5.32. The van der Waals surface area contributed by atoms with E-state index in [0.29, 0.717) is 21.9 Å². The molecule has 0 amide bonds. The van der Waals surface area contributed by atoms with E-state index >= 15 is 0 Å². The number of aromatic nitrogens is 1. The van der Waals surface area contributed by atoms with Gasteiger partial charge in [0, 0.05) is 12.7 Å². The number of halogens is 1. The van der Waals surface area contributed by atoms with Crippen molar-refractivity contribution in [3.05, 3.63) is 59.2 Å². The van der Waals surface area contributed by atoms with Gasteiger partial charge < -0.3 is 10.6 Å². The van der Waals surface area contributed by atoms with Crippen LogP contribution in [0.15, 0.2) is 48.7 Å². The minimum atomic E-state index is 0.383. The minimum absolute atomic E-state index is 0.383. The summed E-state index contributed by atoms with van der Waals surface area (Å²) >= 11 is 11.0. The van der Waals surface area contributed by atoms with Gasteiger partial charge in [-0.05, 0) is 35.8 Å². The van der Waals surface area contributed by atoms with Crippen molar-refractivity contribution in [2.24, 2.45) is 0 Å². The molecule has 0 saturated heterocycles. The number of hydrogen-bond donors (Lipinski definition) is 2. The highest BCUT2D eigenvalue weighted by Gasteiger charge is 2.05. The van der Waals surface area contributed by atoms with Gasteiger partial charge in [-0.3, -0.25) is 0 Å². The van der Waals surface area contributed by atoms with Crippen LogP contribution in [0.4, 0.5) is 5.82 Å². The predicted molar refractivity (Wildman–Crippen MR) is 88.3 cm³/mol. The van der Waals surface area contributed by atoms with E-state index in [1.807, 2.05) is 18.2 Å². The summed E-state index contributed by atoms with van der Waals surface area (Å²) in [6, 6.07) is 13.9. The van der Waals surface area contributed by atoms with Crippen molar-refractivity contribution >= 4 is 34.7 Å². The molecule has 0 aliphatic heterocycles. The van der Waals surface area contributed by atoms with Crippen molar-refractivity contribution in [1.29, 1.82) is 0 Å². The Balaban J connectivity index is 1.82. The Morgan fingerprint density at radius 3 is 2.65 bits per heavy atom. The molecule has 0 radical (unpaired) electrons. The summed E-state index contributed by atoms with van der Waals surface area (Å²) < 4.78 is 0. The molecular weight excluding hydrogens is 290 g/mol. The molecule has 1 aromatic heterocycles. The van der Waals surface area contributed by atoms with Crippen LogP contribution in [0, 0.1) is 0 Å². The van der Waals surface area contributed by atoms with Gasteiger partial charge in [0.2, 0.25) is 0 Å². The number of nitrogens with one attached hydrogen (secondary N) is 2. The first-order valence-electron chi connectivity index (χ1n) is 6.36. The topological polar surface area (TPSA) is 37.0 Å². The number of thiocarbonyl (C=S) groups is 1. The lowest BCUT2D eigenvalue weighted by molar-refractivity contribution is 0.723. The van der Waals surface area contributed by atoms with Crippen LogP contribution in [0.2, 0.25) is 5.02 Å². The fourth-order valence-corrected chi connectivity index (χ4v) is 2.06. The molecule has 3 nitrogen and oxygen atoms in total. The second-order valence-electron chi connectivity index (χ2n) is 4.51. The number of anilines is 1. The molecular formula is C15H16ClN3S. The number of rotatable bonds is 4. The summed E-state index contributed by atoms with van der Waals surface area (Å²) in [6.45, 7) is 2.93. The smallest absolute Gasteiger partial charge is 0.171 e. The van der Waals surface area contributed by atoms with Crippen molar-refractivity contribution in [3.8, 4) is 0 Å². The molecule has 0 bridgehead atoms. The highest BCUT2D eigenvalue weighted by Crippen LogP contribution is 2.13. The van der Waals surface area contributed by atoms with E-state index in [0.717, 1.165) is 6.54 Å². The number of nitrogens with zero attached hydrogens (tertiary/aromatic N) is 1. The maximum absolute atomic E-state index is 5.78. The van der Waals surface area contributed by atoms with E-state index < -0.39 is 0 Å². The lowest BCUT2D eigenvalue weighted by Crippen LogP contribution is -2.31. The predicted octanol–water partition coefficient (Wildman–Crippen LogP) is 3.83. The number of benzene rings is 1. The maximum atomic E-state index is 5.78. The summed E-state index contributed by atoms with van der Waals surface area (Å²) in [5.41, 5.74) is 1.28. The standard InChI is InChI=1S/C15H16ClN3S/c1-11(12-5-3-2-4-6-12)9-18-15(20)19-14-8-7-13(16)10-17-14/h2-8,10-11H,9H2,1H3,(H2,17,18,19,20)/t11-/m1/s1. The molecule has 0 saturated carbocycles. The van der Waals surface area contributed by atoms with Gasteiger partial charge in [-0.1, -0.05) is 48.9 Å². The molecule has 1 heterocycles. The molecule has 104 valence electrons. The van der Waals surface area contributed by atoms with Crippen LogP contribution < -0.4 is 10.6 Å². The lowest BCUT2D eigenvalue weighted by atomic mass is 10.0. The Morgan fingerprint density at radius 2 is 2.00 bits per heavy atom. The van der Waals surface area contributed by atoms with E-state index in [-0.39, 0.29) is 0 Å². The van der Waals surface area contributed by atoms with Gasteiger partial charge in [-0.2, -0.15) is 0 Å². The average Bonchev–Trinajstić information content (AvgIpc) is 2.48. The van der Waals surface area contributed by atoms with Crippen molar-refractivity contribution in [2.75, 3.05) is 11.9 Å². The first-order valence-corrected chi connectivity index (χ1v) is 7.15. The van der Waals surface area contributed by atoms with Crippen molar-refractivity contribution < 1.29 is 0 Å². The van der Waals surface area contributed by atoms with Crippen molar-refractivity contribution in [3.63, 3.8) is 0 Å². The van der Waals surface area contributed by atoms with Gasteiger partial charge in [0.1, 0.15) is 5.82 Å². The van der Waals surface area contributed by atoms with Gasteiger partial charge in [-0.15, -0.1) is 0 Å². The Labute approximate surface area is 129 Å². The summed E-state index contributed by atoms with van der Waals surface area (Å²) in [6.07, 6.45) is 1.58. The third-order valence-electron chi connectivity index (χ3n) is 2.91. The quantitative estimate of drug-likeness (QED) is 0.842. The van der Waals surface area contributed by atoms with Crippen LogP contribution in [0.5, 0.6) is 0 Å². The molecule has 20 heavy (non-hydrogen) atoms. The van der Waals surface area contributed by atoms with Crippen LogP contribution in [0.25, 0.3) is 0 Å². The summed E-state index contributed by atoms with van der Waals surface area (Å²) in [5.74, 6) is 1.06. The number of hydrogen-bond acceptors (Lipinski definition) is 2. The Morgan fingerprint density at radius 1 is 1.25 bits per heavy atom. The Bertz CT molecular complexity index is 557. The average molecular weight is 306 g/mol. The molecule has 2 aromatic rings. The van der Waals surface area contributed by atoms with Crippen LogP contribution >= 0.6 is 23.8 Å². The largest absolute Gasteiger partial charge is 0.362 e. The zero-order valence-corrected chi connectivity index (χ0v) is 12.7. The second-order valence-corrected chi connectivity index (χ2v) is 5.35. The molecule has 2 rings (SSSR count). The maximum Gasteiger partial charge on any atom is 0.171 e. The molecule has 0 unspecified atom stereocenters. The lowest BCUT2D eigenvalue weighted by Gasteiger charge is -2.15. The summed E-state index contributed by atoms with van der Waals surface area (Å²) in [7, 11) is 0. The zero-order chi connectivity index (χ0) is 14.4. The van der Waals surface area contributed by atoms with Crippen LogP contribution in [0.1, 0.15) is 18.4 Å². The second kappa shape index (κ2) is 7.22. The SMILES string of the molecule is C[C@H](CNC(=S)Nc1ccc(Cl)cn1)c1ccccc1. The Hall–Kier alpha value is -1.65.